The highest BCUT2D eigenvalue weighted by atomic mass is 16.8. The van der Waals surface area contributed by atoms with Crippen molar-refractivity contribution in [1.82, 2.24) is 0 Å². The predicted molar refractivity (Wildman–Crippen MR) is 143 cm³/mol. The molecule has 3 heterocycles. The predicted octanol–water partition coefficient (Wildman–Crippen LogP) is -1.48. The number of rotatable bonds is 16. The highest BCUT2D eigenvalue weighted by molar-refractivity contribution is 5.87. The molecule has 3 rings (SSSR count). The zero-order valence-electron chi connectivity index (χ0n) is 26.3. The molecule has 252 valence electrons. The van der Waals surface area contributed by atoms with Crippen molar-refractivity contribution in [2.24, 2.45) is 0 Å². The maximum Gasteiger partial charge on any atom is 0.221 e. The van der Waals surface area contributed by atoms with Crippen LogP contribution >= 0.6 is 0 Å². The van der Waals surface area contributed by atoms with E-state index >= 15 is 0 Å². The Kier molecular flexibility index (Phi) is 15.0. The number of hydrogen-bond acceptors (Lipinski definition) is 16. The standard InChI is InChI=1S/C27H48O16/c1-30-10-13-17(32-3)22(36-7)24(38-9)27(42-13)43-19-14(11-31-2)41-26(16(28)20(19)34-5)39-12-15-18(33-4)21(35-6)23(37-8)25(29)40-15/h13-15,17-27,29H,10-12H2,1-9H3/t13-,14-,15-,17-,18-,19-,20-,21+,22+,23-,24-,25?,26-,27-/m1/s1. The van der Waals surface area contributed by atoms with Crippen LogP contribution in [0.5, 0.6) is 0 Å². The molecular weight excluding hydrogens is 580 g/mol. The van der Waals surface area contributed by atoms with E-state index in [-0.39, 0.29) is 19.8 Å². The molecule has 16 heteroatoms. The molecule has 0 aliphatic carbocycles. The fourth-order valence-electron chi connectivity index (χ4n) is 5.88. The summed E-state index contributed by atoms with van der Waals surface area (Å²) < 4.78 is 80.0. The lowest BCUT2D eigenvalue weighted by Crippen LogP contribution is -2.65. The lowest BCUT2D eigenvalue weighted by Gasteiger charge is -2.47. The molecule has 0 bridgehead atoms. The van der Waals surface area contributed by atoms with Crippen molar-refractivity contribution < 1.29 is 76.2 Å². The molecule has 0 spiro atoms. The monoisotopic (exact) mass is 628 g/mol. The zero-order chi connectivity index (χ0) is 31.7. The molecule has 14 atom stereocenters. The Morgan fingerprint density at radius 1 is 0.558 bits per heavy atom. The van der Waals surface area contributed by atoms with Gasteiger partial charge in [-0.05, 0) is 0 Å². The van der Waals surface area contributed by atoms with Gasteiger partial charge >= 0.3 is 0 Å². The van der Waals surface area contributed by atoms with E-state index in [2.05, 4.69) is 0 Å². The van der Waals surface area contributed by atoms with Gasteiger partial charge in [-0.15, -0.1) is 0 Å². The van der Waals surface area contributed by atoms with E-state index in [0.29, 0.717) is 0 Å². The van der Waals surface area contributed by atoms with Crippen molar-refractivity contribution in [1.29, 1.82) is 0 Å². The number of ether oxygens (including phenoxy) is 14. The summed E-state index contributed by atoms with van der Waals surface area (Å²) in [5.74, 6) is -0.542. The average molecular weight is 629 g/mol. The summed E-state index contributed by atoms with van der Waals surface area (Å²) in [7, 11) is 13.3. The van der Waals surface area contributed by atoms with E-state index in [1.165, 1.54) is 49.8 Å². The number of aliphatic hydroxyl groups is 1. The number of carbonyl (C=O) groups is 1. The number of hydrogen-bond donors (Lipinski definition) is 1. The van der Waals surface area contributed by atoms with Gasteiger partial charge in [0.2, 0.25) is 12.1 Å². The largest absolute Gasteiger partial charge is 0.382 e. The fourth-order valence-corrected chi connectivity index (χ4v) is 5.88. The van der Waals surface area contributed by atoms with Crippen LogP contribution in [0.15, 0.2) is 0 Å². The van der Waals surface area contributed by atoms with Gasteiger partial charge < -0.3 is 71.4 Å². The second kappa shape index (κ2) is 17.7. The minimum Gasteiger partial charge on any atom is -0.382 e. The van der Waals surface area contributed by atoms with Crippen LogP contribution in [-0.4, -0.2) is 181 Å². The van der Waals surface area contributed by atoms with Gasteiger partial charge in [0.05, 0.1) is 19.8 Å². The Hall–Kier alpha value is -0.930. The molecule has 0 saturated carbocycles. The number of aliphatic hydroxyl groups excluding tert-OH is 1. The topological polar surface area (TPSA) is 167 Å². The second-order valence-corrected chi connectivity index (χ2v) is 10.2. The van der Waals surface area contributed by atoms with Crippen molar-refractivity contribution in [2.45, 2.75) is 86.0 Å². The third-order valence-corrected chi connectivity index (χ3v) is 7.93. The number of ketones is 1. The summed E-state index contributed by atoms with van der Waals surface area (Å²) in [6, 6.07) is 0. The molecule has 0 aromatic carbocycles. The number of Topliss-reactive ketones (excluding diaryl/α,β-unsaturated/α-hetero) is 1. The van der Waals surface area contributed by atoms with E-state index in [9.17, 15) is 9.90 Å². The van der Waals surface area contributed by atoms with E-state index < -0.39 is 91.8 Å². The number of methoxy groups -OCH3 is 9. The zero-order valence-corrected chi connectivity index (χ0v) is 26.3. The summed E-state index contributed by atoms with van der Waals surface area (Å²) in [6.45, 7) is 0.0297. The van der Waals surface area contributed by atoms with Crippen LogP contribution in [0.1, 0.15) is 0 Å². The molecule has 3 aliphatic rings. The van der Waals surface area contributed by atoms with Crippen LogP contribution in [0.4, 0.5) is 0 Å². The SMILES string of the molecule is COC[C@H]1O[C@H](O[C@H]2[C@H](OC)C(=O)[C@H](OC[C@H]3OC(O)[C@H](OC)[C@@H](OC)[C@@H]3OC)O[C@@H]2COC)[C@H](OC)[C@@H](OC)[C@@H]1OC. The molecule has 0 radical (unpaired) electrons. The summed E-state index contributed by atoms with van der Waals surface area (Å²) >= 11 is 0. The van der Waals surface area contributed by atoms with Crippen LogP contribution in [0, 0.1) is 0 Å². The summed E-state index contributed by atoms with van der Waals surface area (Å²) in [6.07, 6.45) is -12.0. The quantitative estimate of drug-likeness (QED) is 0.210. The first-order valence-corrected chi connectivity index (χ1v) is 13.9. The smallest absolute Gasteiger partial charge is 0.221 e. The first-order chi connectivity index (χ1) is 20.8. The fraction of sp³-hybridized carbons (Fsp3) is 0.963. The van der Waals surface area contributed by atoms with E-state index in [1.807, 2.05) is 0 Å². The summed E-state index contributed by atoms with van der Waals surface area (Å²) in [5, 5.41) is 10.5. The third kappa shape index (κ3) is 8.08. The molecule has 3 fully saturated rings. The van der Waals surface area contributed by atoms with Crippen LogP contribution < -0.4 is 0 Å². The van der Waals surface area contributed by atoms with Crippen molar-refractivity contribution in [3.63, 3.8) is 0 Å². The van der Waals surface area contributed by atoms with Crippen molar-refractivity contribution in [3.05, 3.63) is 0 Å². The second-order valence-electron chi connectivity index (χ2n) is 10.2. The lowest BCUT2D eigenvalue weighted by atomic mass is 9.96. The molecule has 0 aromatic heterocycles. The van der Waals surface area contributed by atoms with Gasteiger partial charge in [-0.25, -0.2) is 0 Å². The van der Waals surface area contributed by atoms with Crippen molar-refractivity contribution in [3.8, 4) is 0 Å². The maximum atomic E-state index is 13.6. The maximum absolute atomic E-state index is 13.6. The first kappa shape index (κ1) is 36.5. The van der Waals surface area contributed by atoms with Gasteiger partial charge in [0.25, 0.3) is 0 Å². The Morgan fingerprint density at radius 2 is 1.05 bits per heavy atom. The highest BCUT2D eigenvalue weighted by Crippen LogP contribution is 2.33. The van der Waals surface area contributed by atoms with Gasteiger partial charge in [-0.2, -0.15) is 0 Å². The first-order valence-electron chi connectivity index (χ1n) is 13.9. The van der Waals surface area contributed by atoms with E-state index in [0.717, 1.165) is 0 Å². The Balaban J connectivity index is 1.78. The molecular formula is C27H48O16. The molecule has 3 saturated heterocycles. The van der Waals surface area contributed by atoms with Crippen molar-refractivity contribution >= 4 is 5.78 Å². The molecule has 3 aliphatic heterocycles. The Morgan fingerprint density at radius 3 is 1.53 bits per heavy atom. The summed E-state index contributed by atoms with van der Waals surface area (Å²) in [5.41, 5.74) is 0. The van der Waals surface area contributed by atoms with Crippen LogP contribution in [-0.2, 0) is 71.1 Å². The lowest BCUT2D eigenvalue weighted by molar-refractivity contribution is -0.346. The normalized spacial score (nSPS) is 42.3. The highest BCUT2D eigenvalue weighted by Gasteiger charge is 2.54. The minimum atomic E-state index is -1.37. The third-order valence-electron chi connectivity index (χ3n) is 7.93. The van der Waals surface area contributed by atoms with Gasteiger partial charge in [0.1, 0.15) is 67.1 Å². The number of carbonyl (C=O) groups excluding carboxylic acids is 1. The van der Waals surface area contributed by atoms with Crippen LogP contribution in [0.2, 0.25) is 0 Å². The summed E-state index contributed by atoms with van der Waals surface area (Å²) in [4.78, 5) is 13.6. The van der Waals surface area contributed by atoms with E-state index in [4.69, 9.17) is 66.3 Å². The van der Waals surface area contributed by atoms with Gasteiger partial charge in [0, 0.05) is 64.0 Å². The van der Waals surface area contributed by atoms with E-state index in [1.54, 1.807) is 14.2 Å². The minimum absolute atomic E-state index is 0.0263. The van der Waals surface area contributed by atoms with Gasteiger partial charge in [0.15, 0.2) is 12.6 Å². The van der Waals surface area contributed by atoms with Crippen molar-refractivity contribution in [2.75, 3.05) is 83.8 Å². The average Bonchev–Trinajstić information content (AvgIpc) is 3.01. The van der Waals surface area contributed by atoms with Crippen LogP contribution in [0.25, 0.3) is 0 Å². The molecule has 1 unspecified atom stereocenters. The molecule has 16 nitrogen and oxygen atoms in total. The van der Waals surface area contributed by atoms with Gasteiger partial charge in [-0.3, -0.25) is 4.79 Å². The van der Waals surface area contributed by atoms with Crippen LogP contribution in [0.3, 0.4) is 0 Å². The molecule has 1 N–H and O–H groups in total. The Bertz CT molecular complexity index is 820. The molecule has 0 aromatic rings. The molecule has 43 heavy (non-hydrogen) atoms. The molecule has 0 amide bonds. The Labute approximate surface area is 252 Å². The van der Waals surface area contributed by atoms with Gasteiger partial charge in [-0.1, -0.05) is 0 Å².